The lowest BCUT2D eigenvalue weighted by Crippen LogP contribution is -2.21. The number of carbonyl (C=O) groups is 1. The van der Waals surface area contributed by atoms with Crippen LogP contribution in [-0.4, -0.2) is 28.8 Å². The summed E-state index contributed by atoms with van der Waals surface area (Å²) in [5.41, 5.74) is 0.291. The van der Waals surface area contributed by atoms with Gasteiger partial charge in [0.15, 0.2) is 0 Å². The van der Waals surface area contributed by atoms with Crippen molar-refractivity contribution in [3.8, 4) is 0 Å². The predicted molar refractivity (Wildman–Crippen MR) is 64.3 cm³/mol. The van der Waals surface area contributed by atoms with Crippen LogP contribution in [0.2, 0.25) is 0 Å². The Kier molecular flexibility index (Phi) is 3.74. The zero-order valence-electron chi connectivity index (χ0n) is 10.8. The summed E-state index contributed by atoms with van der Waals surface area (Å²) in [5, 5.41) is 11.4. The molecule has 6 heteroatoms. The summed E-state index contributed by atoms with van der Waals surface area (Å²) in [6.45, 7) is 3.72. The average molecular weight is 251 g/mol. The summed E-state index contributed by atoms with van der Waals surface area (Å²) in [7, 11) is 1.40. The summed E-state index contributed by atoms with van der Waals surface area (Å²) in [6.07, 6.45) is 3.17. The highest BCUT2D eigenvalue weighted by molar-refractivity contribution is 6.45. The molecule has 1 saturated carbocycles. The van der Waals surface area contributed by atoms with Gasteiger partial charge in [-0.15, -0.1) is 10.2 Å². The molecule has 0 spiro atoms. The highest BCUT2D eigenvalue weighted by Gasteiger charge is 2.27. The number of hydrogen-bond acceptors (Lipinski definition) is 6. The molecule has 1 aliphatic rings. The van der Waals surface area contributed by atoms with E-state index in [9.17, 15) is 4.79 Å². The smallest absolute Gasteiger partial charge is 0.290 e. The van der Waals surface area contributed by atoms with Crippen LogP contribution in [0.1, 0.15) is 43.3 Å². The van der Waals surface area contributed by atoms with Gasteiger partial charge >= 0.3 is 0 Å². The van der Waals surface area contributed by atoms with Crippen molar-refractivity contribution in [1.82, 2.24) is 10.2 Å². The fourth-order valence-electron chi connectivity index (χ4n) is 1.61. The van der Waals surface area contributed by atoms with Gasteiger partial charge in [0.2, 0.25) is 5.89 Å². The Labute approximate surface area is 105 Å². The van der Waals surface area contributed by atoms with Crippen LogP contribution in [0.5, 0.6) is 0 Å². The Morgan fingerprint density at radius 2 is 2.22 bits per heavy atom. The maximum absolute atomic E-state index is 12.1. The van der Waals surface area contributed by atoms with Crippen LogP contribution in [0.15, 0.2) is 9.57 Å². The van der Waals surface area contributed by atoms with Gasteiger partial charge in [0.25, 0.3) is 11.7 Å². The molecule has 18 heavy (non-hydrogen) atoms. The van der Waals surface area contributed by atoms with Gasteiger partial charge in [0.05, 0.1) is 0 Å². The van der Waals surface area contributed by atoms with Crippen molar-refractivity contribution in [2.75, 3.05) is 7.11 Å². The first-order valence-electron chi connectivity index (χ1n) is 6.10. The van der Waals surface area contributed by atoms with Gasteiger partial charge in [0.1, 0.15) is 12.8 Å². The van der Waals surface area contributed by atoms with Gasteiger partial charge in [0, 0.05) is 12.3 Å². The molecule has 0 atom stereocenters. The zero-order chi connectivity index (χ0) is 13.1. The normalized spacial score (nSPS) is 16.1. The van der Waals surface area contributed by atoms with E-state index >= 15 is 0 Å². The highest BCUT2D eigenvalue weighted by Crippen LogP contribution is 2.32. The number of nitrogens with zero attached hydrogens (tertiary/aromatic N) is 3. The Morgan fingerprint density at radius 1 is 1.50 bits per heavy atom. The van der Waals surface area contributed by atoms with Gasteiger partial charge in [-0.2, -0.15) is 0 Å². The first-order chi connectivity index (χ1) is 8.61. The average Bonchev–Trinajstić information content (AvgIpc) is 3.01. The van der Waals surface area contributed by atoms with Crippen molar-refractivity contribution in [3.05, 3.63) is 11.8 Å². The Balaban J connectivity index is 2.11. The molecule has 0 unspecified atom stereocenters. The van der Waals surface area contributed by atoms with Gasteiger partial charge in [-0.3, -0.25) is 4.79 Å². The fraction of sp³-hybridized carbons (Fsp3) is 0.667. The van der Waals surface area contributed by atoms with Crippen molar-refractivity contribution in [3.63, 3.8) is 0 Å². The lowest BCUT2D eigenvalue weighted by atomic mass is 10.0. The summed E-state index contributed by atoms with van der Waals surface area (Å²) in [4.78, 5) is 16.8. The summed E-state index contributed by atoms with van der Waals surface area (Å²) in [6, 6.07) is 0. The lowest BCUT2D eigenvalue weighted by molar-refractivity contribution is 0.102. The van der Waals surface area contributed by atoms with Crippen LogP contribution in [0, 0.1) is 11.8 Å². The van der Waals surface area contributed by atoms with Gasteiger partial charge in [-0.1, -0.05) is 19.0 Å². The van der Waals surface area contributed by atoms with E-state index in [2.05, 4.69) is 20.2 Å². The van der Waals surface area contributed by atoms with Crippen LogP contribution in [0.4, 0.5) is 0 Å². The number of oxime groups is 1. The van der Waals surface area contributed by atoms with E-state index in [1.54, 1.807) is 0 Å². The van der Waals surface area contributed by atoms with Crippen LogP contribution in [0.25, 0.3) is 0 Å². The number of ketones is 1. The molecule has 2 rings (SSSR count). The maximum Gasteiger partial charge on any atom is 0.290 e. The maximum atomic E-state index is 12.1. The minimum atomic E-state index is -0.360. The molecular weight excluding hydrogens is 234 g/mol. The Hall–Kier alpha value is -1.72. The first kappa shape index (κ1) is 12.7. The van der Waals surface area contributed by atoms with Gasteiger partial charge in [-0.25, -0.2) is 0 Å². The standard InChI is InChI=1S/C12H17N3O3/c1-7(2)10(15-17-3)11(16)12-14-13-9(18-12)6-8-4-5-8/h7-8H,4-6H2,1-3H3/b15-10+. The number of rotatable bonds is 6. The third-order valence-electron chi connectivity index (χ3n) is 2.79. The van der Waals surface area contributed by atoms with Gasteiger partial charge < -0.3 is 9.25 Å². The molecule has 1 aromatic heterocycles. The van der Waals surface area contributed by atoms with E-state index in [0.717, 1.165) is 6.42 Å². The van der Waals surface area contributed by atoms with E-state index in [0.29, 0.717) is 17.5 Å². The van der Waals surface area contributed by atoms with Crippen molar-refractivity contribution < 1.29 is 14.0 Å². The van der Waals surface area contributed by atoms with Crippen molar-refractivity contribution in [2.45, 2.75) is 33.1 Å². The Bertz CT molecular complexity index is 461. The van der Waals surface area contributed by atoms with Crippen LogP contribution in [-0.2, 0) is 11.3 Å². The van der Waals surface area contributed by atoms with E-state index in [4.69, 9.17) is 4.42 Å². The molecule has 1 aliphatic carbocycles. The fourth-order valence-corrected chi connectivity index (χ4v) is 1.61. The highest BCUT2D eigenvalue weighted by atomic mass is 16.6. The van der Waals surface area contributed by atoms with E-state index < -0.39 is 0 Å². The van der Waals surface area contributed by atoms with E-state index in [1.165, 1.54) is 20.0 Å². The SMILES string of the molecule is CO/N=C(/C(=O)c1nnc(CC2CC2)o1)C(C)C. The first-order valence-corrected chi connectivity index (χ1v) is 6.10. The van der Waals surface area contributed by atoms with E-state index in [-0.39, 0.29) is 17.6 Å². The number of carbonyl (C=O) groups excluding carboxylic acids is 1. The molecule has 1 aromatic rings. The molecule has 0 radical (unpaired) electrons. The Morgan fingerprint density at radius 3 is 2.78 bits per heavy atom. The monoisotopic (exact) mass is 251 g/mol. The molecule has 0 amide bonds. The topological polar surface area (TPSA) is 77.6 Å². The molecule has 0 saturated heterocycles. The predicted octanol–water partition coefficient (Wildman–Crippen LogP) is 1.86. The van der Waals surface area contributed by atoms with Crippen LogP contribution < -0.4 is 0 Å². The molecule has 0 aliphatic heterocycles. The molecule has 0 aromatic carbocycles. The second-order valence-corrected chi connectivity index (χ2v) is 4.79. The summed E-state index contributed by atoms with van der Waals surface area (Å²) >= 11 is 0. The largest absolute Gasteiger partial charge is 0.418 e. The van der Waals surface area contributed by atoms with Gasteiger partial charge in [-0.05, 0) is 18.8 Å². The molecule has 0 bridgehead atoms. The third kappa shape index (κ3) is 2.94. The van der Waals surface area contributed by atoms with Crippen molar-refractivity contribution >= 4 is 11.5 Å². The third-order valence-corrected chi connectivity index (χ3v) is 2.79. The lowest BCUT2D eigenvalue weighted by Gasteiger charge is -2.04. The molecule has 1 fully saturated rings. The second kappa shape index (κ2) is 5.29. The van der Waals surface area contributed by atoms with Crippen LogP contribution in [0.3, 0.4) is 0 Å². The number of Topliss-reactive ketones (excluding diaryl/α,β-unsaturated/α-hetero) is 1. The summed E-state index contributed by atoms with van der Waals surface area (Å²) < 4.78 is 5.37. The minimum absolute atomic E-state index is 0.00449. The zero-order valence-corrected chi connectivity index (χ0v) is 10.8. The second-order valence-electron chi connectivity index (χ2n) is 4.79. The number of hydrogen-bond donors (Lipinski definition) is 0. The molecular formula is C12H17N3O3. The molecule has 0 N–H and O–H groups in total. The minimum Gasteiger partial charge on any atom is -0.418 e. The molecule has 6 nitrogen and oxygen atoms in total. The number of aromatic nitrogens is 2. The van der Waals surface area contributed by atoms with Crippen LogP contribution >= 0.6 is 0 Å². The van der Waals surface area contributed by atoms with Crippen molar-refractivity contribution in [2.24, 2.45) is 17.0 Å². The van der Waals surface area contributed by atoms with Crippen molar-refractivity contribution in [1.29, 1.82) is 0 Å². The quantitative estimate of drug-likeness (QED) is 0.438. The summed E-state index contributed by atoms with van der Waals surface area (Å²) in [5.74, 6) is 0.750. The molecule has 98 valence electrons. The van der Waals surface area contributed by atoms with E-state index in [1.807, 2.05) is 13.8 Å². The molecule has 1 heterocycles.